The predicted molar refractivity (Wildman–Crippen MR) is 110 cm³/mol. The summed E-state index contributed by atoms with van der Waals surface area (Å²) >= 11 is 5.77. The number of pyridine rings is 1. The summed E-state index contributed by atoms with van der Waals surface area (Å²) in [5, 5.41) is 4.31. The lowest BCUT2D eigenvalue weighted by atomic mass is 9.83. The number of anilines is 1. The Hall–Kier alpha value is -2.14. The second-order valence-electron chi connectivity index (χ2n) is 7.50. The van der Waals surface area contributed by atoms with Crippen LogP contribution in [0.25, 0.3) is 0 Å². The molecule has 0 unspecified atom stereocenters. The summed E-state index contributed by atoms with van der Waals surface area (Å²) in [6, 6.07) is 12.0. The second kappa shape index (κ2) is 6.88. The van der Waals surface area contributed by atoms with Crippen LogP contribution >= 0.6 is 12.2 Å². The number of nitrogens with one attached hydrogen (secondary N) is 1. The van der Waals surface area contributed by atoms with E-state index >= 15 is 0 Å². The van der Waals surface area contributed by atoms with Crippen molar-refractivity contribution >= 4 is 23.0 Å². The van der Waals surface area contributed by atoms with Crippen LogP contribution in [0.4, 0.5) is 5.69 Å². The van der Waals surface area contributed by atoms with Crippen molar-refractivity contribution in [1.29, 1.82) is 0 Å². The minimum absolute atomic E-state index is 0.124. The number of aryl methyl sites for hydroxylation is 2. The Kier molecular flexibility index (Phi) is 4.57. The smallest absolute Gasteiger partial charge is 0.250 e. The fourth-order valence-corrected chi connectivity index (χ4v) is 4.70. The largest absolute Gasteiger partial charge is 0.348 e. The van der Waals surface area contributed by atoms with Crippen LogP contribution in [0, 0.1) is 12.8 Å². The molecule has 0 radical (unpaired) electrons. The van der Waals surface area contributed by atoms with Crippen LogP contribution < -0.4 is 10.9 Å². The fourth-order valence-electron chi connectivity index (χ4n) is 4.45. The van der Waals surface area contributed by atoms with Crippen molar-refractivity contribution in [3.05, 3.63) is 63.6 Å². The number of fused-ring (bicyclic) bond motifs is 4. The molecule has 3 heterocycles. The van der Waals surface area contributed by atoms with Gasteiger partial charge in [-0.2, -0.15) is 0 Å². The third-order valence-electron chi connectivity index (χ3n) is 5.74. The van der Waals surface area contributed by atoms with Crippen LogP contribution in [0.2, 0.25) is 0 Å². The number of piperidine rings is 1. The van der Waals surface area contributed by atoms with E-state index in [1.807, 2.05) is 10.6 Å². The molecular weight excluding hydrogens is 342 g/mol. The van der Waals surface area contributed by atoms with E-state index in [4.69, 9.17) is 12.2 Å². The van der Waals surface area contributed by atoms with Crippen molar-refractivity contribution in [2.75, 3.05) is 18.4 Å². The van der Waals surface area contributed by atoms with Gasteiger partial charge in [0, 0.05) is 43.0 Å². The van der Waals surface area contributed by atoms with E-state index in [-0.39, 0.29) is 5.56 Å². The zero-order chi connectivity index (χ0) is 18.3. The van der Waals surface area contributed by atoms with Crippen molar-refractivity contribution in [3.8, 4) is 0 Å². The molecule has 5 heteroatoms. The highest BCUT2D eigenvalue weighted by Gasteiger charge is 2.35. The Bertz CT molecular complexity index is 904. The molecule has 4 rings (SSSR count). The first kappa shape index (κ1) is 17.3. The third-order valence-corrected chi connectivity index (χ3v) is 6.10. The lowest BCUT2D eigenvalue weighted by Crippen LogP contribution is -2.50. The van der Waals surface area contributed by atoms with E-state index in [1.165, 1.54) is 11.1 Å². The van der Waals surface area contributed by atoms with Gasteiger partial charge in [0.25, 0.3) is 5.56 Å². The minimum Gasteiger partial charge on any atom is -0.348 e. The number of para-hydroxylation sites is 1. The van der Waals surface area contributed by atoms with E-state index in [9.17, 15) is 4.79 Å². The Morgan fingerprint density at radius 1 is 1.19 bits per heavy atom. The van der Waals surface area contributed by atoms with Gasteiger partial charge in [-0.25, -0.2) is 0 Å². The van der Waals surface area contributed by atoms with Gasteiger partial charge in [0.15, 0.2) is 5.11 Å². The topological polar surface area (TPSA) is 37.3 Å². The third kappa shape index (κ3) is 3.05. The first-order chi connectivity index (χ1) is 12.6. The number of rotatable bonds is 2. The summed E-state index contributed by atoms with van der Waals surface area (Å²) in [4.78, 5) is 14.5. The Morgan fingerprint density at radius 3 is 2.81 bits per heavy atom. The highest BCUT2D eigenvalue weighted by molar-refractivity contribution is 7.80. The van der Waals surface area contributed by atoms with E-state index < -0.39 is 0 Å². The molecule has 2 atom stereocenters. The van der Waals surface area contributed by atoms with Crippen LogP contribution in [0.1, 0.15) is 36.1 Å². The van der Waals surface area contributed by atoms with Gasteiger partial charge in [-0.1, -0.05) is 31.2 Å². The molecule has 0 aliphatic carbocycles. The van der Waals surface area contributed by atoms with Gasteiger partial charge in [-0.3, -0.25) is 4.79 Å². The maximum Gasteiger partial charge on any atom is 0.250 e. The van der Waals surface area contributed by atoms with Gasteiger partial charge >= 0.3 is 0 Å². The number of aromatic nitrogens is 1. The van der Waals surface area contributed by atoms with Crippen LogP contribution in [0.3, 0.4) is 0 Å². The van der Waals surface area contributed by atoms with Crippen molar-refractivity contribution in [3.63, 3.8) is 0 Å². The van der Waals surface area contributed by atoms with Crippen molar-refractivity contribution in [2.45, 2.75) is 39.2 Å². The first-order valence-corrected chi connectivity index (χ1v) is 9.81. The van der Waals surface area contributed by atoms with Gasteiger partial charge in [0.2, 0.25) is 0 Å². The number of benzene rings is 1. The number of hydrogen-bond acceptors (Lipinski definition) is 2. The molecular formula is C21H25N3OS. The van der Waals surface area contributed by atoms with Crippen LogP contribution in [0.5, 0.6) is 0 Å². The summed E-state index contributed by atoms with van der Waals surface area (Å²) in [6.45, 7) is 6.88. The molecule has 0 saturated carbocycles. The van der Waals surface area contributed by atoms with E-state index in [0.29, 0.717) is 11.8 Å². The summed E-state index contributed by atoms with van der Waals surface area (Å²) in [5.41, 5.74) is 4.94. The zero-order valence-electron chi connectivity index (χ0n) is 15.4. The molecule has 2 aliphatic rings. The maximum atomic E-state index is 12.2. The van der Waals surface area contributed by atoms with Crippen molar-refractivity contribution in [2.24, 2.45) is 5.92 Å². The molecule has 2 bridgehead atoms. The maximum absolute atomic E-state index is 12.2. The quantitative estimate of drug-likeness (QED) is 0.824. The zero-order valence-corrected chi connectivity index (χ0v) is 16.2. The Morgan fingerprint density at radius 2 is 2.00 bits per heavy atom. The van der Waals surface area contributed by atoms with Crippen LogP contribution in [-0.2, 0) is 13.0 Å². The fraction of sp³-hybridized carbons (Fsp3) is 0.429. The number of nitrogens with zero attached hydrogens (tertiary/aromatic N) is 2. The lowest BCUT2D eigenvalue weighted by Gasteiger charge is -2.43. The molecule has 1 saturated heterocycles. The highest BCUT2D eigenvalue weighted by Crippen LogP contribution is 2.35. The Labute approximate surface area is 159 Å². The molecule has 1 aromatic heterocycles. The minimum atomic E-state index is 0.124. The van der Waals surface area contributed by atoms with Gasteiger partial charge in [0.1, 0.15) is 0 Å². The van der Waals surface area contributed by atoms with Crippen LogP contribution in [0.15, 0.2) is 41.2 Å². The molecule has 2 aliphatic heterocycles. The molecule has 0 spiro atoms. The molecule has 136 valence electrons. The van der Waals surface area contributed by atoms with Gasteiger partial charge in [0.05, 0.1) is 0 Å². The van der Waals surface area contributed by atoms with E-state index in [1.54, 1.807) is 6.07 Å². The van der Waals surface area contributed by atoms with E-state index in [2.05, 4.69) is 48.3 Å². The SMILES string of the molecule is CCc1cccc(C)c1NC(=S)N1C[C@@H]2C[C@H](C1)c1cccc(=O)n1C2. The molecule has 4 nitrogen and oxygen atoms in total. The number of hydrogen-bond donors (Lipinski definition) is 1. The molecule has 0 amide bonds. The second-order valence-corrected chi connectivity index (χ2v) is 7.88. The highest BCUT2D eigenvalue weighted by atomic mass is 32.1. The number of thiocarbonyl (C=S) groups is 1. The predicted octanol–water partition coefficient (Wildman–Crippen LogP) is 3.54. The summed E-state index contributed by atoms with van der Waals surface area (Å²) in [5.74, 6) is 0.849. The van der Waals surface area contributed by atoms with Gasteiger partial charge < -0.3 is 14.8 Å². The van der Waals surface area contributed by atoms with Crippen molar-refractivity contribution < 1.29 is 0 Å². The summed E-state index contributed by atoms with van der Waals surface area (Å²) < 4.78 is 1.96. The first-order valence-electron chi connectivity index (χ1n) is 9.41. The number of likely N-dealkylation sites (tertiary alicyclic amines) is 1. The van der Waals surface area contributed by atoms with Crippen molar-refractivity contribution in [1.82, 2.24) is 9.47 Å². The Balaban J connectivity index is 1.56. The monoisotopic (exact) mass is 367 g/mol. The summed E-state index contributed by atoms with van der Waals surface area (Å²) in [6.07, 6.45) is 2.13. The molecule has 1 fully saturated rings. The molecule has 26 heavy (non-hydrogen) atoms. The summed E-state index contributed by atoms with van der Waals surface area (Å²) in [7, 11) is 0. The van der Waals surface area contributed by atoms with E-state index in [0.717, 1.165) is 49.0 Å². The lowest BCUT2D eigenvalue weighted by molar-refractivity contribution is 0.180. The average Bonchev–Trinajstić information content (AvgIpc) is 2.64. The normalized spacial score (nSPS) is 21.2. The van der Waals surface area contributed by atoms with Crippen LogP contribution in [-0.4, -0.2) is 27.7 Å². The molecule has 2 aromatic rings. The molecule has 1 N–H and O–H groups in total. The van der Waals surface area contributed by atoms with Gasteiger partial charge in [-0.05, 0) is 55.1 Å². The molecule has 1 aromatic carbocycles. The average molecular weight is 368 g/mol. The standard InChI is InChI=1S/C21H25N3OS/c1-3-16-7-4-6-14(2)20(16)22-21(26)23-11-15-10-17(13-23)18-8-5-9-19(25)24(18)12-15/h4-9,15,17H,3,10-13H2,1-2H3,(H,22,26)/t15-,17+/m0/s1. The van der Waals surface area contributed by atoms with Gasteiger partial charge in [-0.15, -0.1) is 0 Å².